The Morgan fingerprint density at radius 3 is 1.71 bits per heavy atom. The smallest absolute Gasteiger partial charge is 0.0738 e. The van der Waals surface area contributed by atoms with Crippen LogP contribution < -0.4 is 0 Å². The Labute approximate surface area is 327 Å². The average Bonchev–Trinajstić information content (AvgIpc) is 3.56. The zero-order chi connectivity index (χ0) is 38.4. The molecule has 0 radical (unpaired) electrons. The third-order valence-electron chi connectivity index (χ3n) is 10.8. The summed E-state index contributed by atoms with van der Waals surface area (Å²) < 4.78 is 2.34. The topological polar surface area (TPSA) is 8.17 Å². The quantitative estimate of drug-likeness (QED) is 0.172. The molecule has 1 atom stereocenters. The van der Waals surface area contributed by atoms with E-state index in [1.54, 1.807) is 0 Å². The van der Waals surface area contributed by atoms with Crippen LogP contribution in [0.1, 0.15) is 35.6 Å². The van der Waals surface area contributed by atoms with Crippen LogP contribution in [0.2, 0.25) is 0 Å². The number of likely N-dealkylation sites (N-methyl/N-ethyl adjacent to an activating group) is 1. The van der Waals surface area contributed by atoms with Crippen molar-refractivity contribution in [3.63, 3.8) is 0 Å². The molecule has 6 aromatic carbocycles. The molecule has 0 amide bonds. The van der Waals surface area contributed by atoms with Gasteiger partial charge in [0.15, 0.2) is 0 Å². The number of aromatic nitrogens is 1. The first-order valence-electron chi connectivity index (χ1n) is 19.2. The van der Waals surface area contributed by atoms with Gasteiger partial charge in [-0.3, -0.25) is 0 Å². The standard InChI is InChI=1S/C27H27N.C19H15N.C7H8/c1-5-23-25(6-2)28(4)26-19-20(3)17-18-24(26)27(23,21-13-9-7-10-14-21)22-15-11-8-12-16-22;1-14-11-12-19-17(13-14)16-9-5-6-10-18(16)20(19)15-7-3-2-4-8-15;1-7-5-3-2-4-6-7/h5-16,18-20H,1-2,17H2,3-4H3;2-13H,1H3;2-6H,1H3. The highest BCUT2D eigenvalue weighted by Crippen LogP contribution is 2.55. The van der Waals surface area contributed by atoms with Gasteiger partial charge < -0.3 is 9.47 Å². The molecule has 55 heavy (non-hydrogen) atoms. The number of para-hydroxylation sites is 2. The van der Waals surface area contributed by atoms with Crippen molar-refractivity contribution in [2.24, 2.45) is 5.92 Å². The second-order valence-electron chi connectivity index (χ2n) is 14.5. The van der Waals surface area contributed by atoms with E-state index in [1.807, 2.05) is 30.4 Å². The number of aryl methyl sites for hydroxylation is 2. The zero-order valence-electron chi connectivity index (χ0n) is 32.5. The summed E-state index contributed by atoms with van der Waals surface area (Å²) in [6, 6.07) is 57.7. The SMILES string of the molecule is C=CC1=C(C=C)C(c2ccccc2)(c2ccccc2)C2=CCC(C)C=C2N1C.Cc1ccc2c(c1)c1ccccc1n2-c1ccccc1.Cc1ccccc1. The van der Waals surface area contributed by atoms with E-state index < -0.39 is 5.41 Å². The van der Waals surface area contributed by atoms with Crippen molar-refractivity contribution in [2.45, 2.75) is 32.6 Å². The van der Waals surface area contributed by atoms with Gasteiger partial charge in [0.1, 0.15) is 0 Å². The normalized spacial score (nSPS) is 15.8. The van der Waals surface area contributed by atoms with E-state index in [9.17, 15) is 0 Å². The van der Waals surface area contributed by atoms with E-state index in [0.717, 1.165) is 12.1 Å². The summed E-state index contributed by atoms with van der Waals surface area (Å²) in [6.45, 7) is 14.9. The molecule has 0 bridgehead atoms. The number of allylic oxidation sites excluding steroid dienone is 6. The molecule has 0 saturated carbocycles. The van der Waals surface area contributed by atoms with Crippen LogP contribution in [-0.4, -0.2) is 16.5 Å². The second kappa shape index (κ2) is 16.3. The highest BCUT2D eigenvalue weighted by Gasteiger charge is 2.48. The number of hydrogen-bond donors (Lipinski definition) is 0. The molecule has 1 aliphatic heterocycles. The van der Waals surface area contributed by atoms with Gasteiger partial charge in [0.2, 0.25) is 0 Å². The average molecular weight is 715 g/mol. The van der Waals surface area contributed by atoms with Crippen molar-refractivity contribution in [3.8, 4) is 5.69 Å². The molecule has 0 N–H and O–H groups in total. The number of benzene rings is 6. The molecule has 0 spiro atoms. The van der Waals surface area contributed by atoms with Gasteiger partial charge in [-0.25, -0.2) is 0 Å². The lowest BCUT2D eigenvalue weighted by molar-refractivity contribution is 0.462. The minimum atomic E-state index is -0.397. The van der Waals surface area contributed by atoms with Crippen molar-refractivity contribution in [1.82, 2.24) is 9.47 Å². The summed E-state index contributed by atoms with van der Waals surface area (Å²) >= 11 is 0. The van der Waals surface area contributed by atoms with E-state index >= 15 is 0 Å². The molecule has 2 heteroatoms. The van der Waals surface area contributed by atoms with Crippen LogP contribution >= 0.6 is 0 Å². The monoisotopic (exact) mass is 714 g/mol. The Kier molecular flexibility index (Phi) is 11.0. The van der Waals surface area contributed by atoms with Crippen molar-refractivity contribution in [1.29, 1.82) is 0 Å². The molecular weight excluding hydrogens is 665 g/mol. The Hall–Kier alpha value is -6.38. The fourth-order valence-corrected chi connectivity index (χ4v) is 8.27. The van der Waals surface area contributed by atoms with E-state index in [-0.39, 0.29) is 0 Å². The van der Waals surface area contributed by atoms with E-state index in [2.05, 4.69) is 208 Å². The summed E-state index contributed by atoms with van der Waals surface area (Å²) in [6.07, 6.45) is 9.86. The Morgan fingerprint density at radius 1 is 0.600 bits per heavy atom. The van der Waals surface area contributed by atoms with Crippen LogP contribution in [0.4, 0.5) is 0 Å². The number of rotatable bonds is 5. The van der Waals surface area contributed by atoms with Gasteiger partial charge in [0, 0.05) is 34.9 Å². The van der Waals surface area contributed by atoms with Gasteiger partial charge in [0.25, 0.3) is 0 Å². The lowest BCUT2D eigenvalue weighted by Crippen LogP contribution is -2.43. The van der Waals surface area contributed by atoms with Gasteiger partial charge in [-0.15, -0.1) is 0 Å². The molecule has 2 nitrogen and oxygen atoms in total. The number of hydrogen-bond acceptors (Lipinski definition) is 1. The molecule has 272 valence electrons. The van der Waals surface area contributed by atoms with Crippen LogP contribution in [0.15, 0.2) is 224 Å². The lowest BCUT2D eigenvalue weighted by Gasteiger charge is -2.49. The number of fused-ring (bicyclic) bond motifs is 4. The van der Waals surface area contributed by atoms with Crippen LogP contribution in [0.25, 0.3) is 27.5 Å². The van der Waals surface area contributed by atoms with E-state index in [1.165, 1.54) is 66.6 Å². The summed E-state index contributed by atoms with van der Waals surface area (Å²) in [4.78, 5) is 2.27. The summed E-state index contributed by atoms with van der Waals surface area (Å²) in [5.41, 5.74) is 13.4. The molecule has 1 aliphatic carbocycles. The first-order chi connectivity index (χ1) is 26.9. The molecule has 9 rings (SSSR count). The third kappa shape index (κ3) is 7.04. The fourth-order valence-electron chi connectivity index (χ4n) is 8.27. The Morgan fingerprint density at radius 2 is 1.15 bits per heavy atom. The van der Waals surface area contributed by atoms with Crippen LogP contribution in [0, 0.1) is 19.8 Å². The predicted molar refractivity (Wildman–Crippen MR) is 235 cm³/mol. The molecule has 7 aromatic rings. The molecule has 1 aromatic heterocycles. The van der Waals surface area contributed by atoms with Crippen molar-refractivity contribution in [3.05, 3.63) is 246 Å². The largest absolute Gasteiger partial charge is 0.344 e. The summed E-state index contributed by atoms with van der Waals surface area (Å²) in [7, 11) is 2.14. The van der Waals surface area contributed by atoms with Gasteiger partial charge in [0.05, 0.1) is 16.4 Å². The van der Waals surface area contributed by atoms with Crippen LogP contribution in [0.5, 0.6) is 0 Å². The predicted octanol–water partition coefficient (Wildman–Crippen LogP) is 13.5. The molecule has 2 heterocycles. The van der Waals surface area contributed by atoms with Gasteiger partial charge in [-0.05, 0) is 84.9 Å². The van der Waals surface area contributed by atoms with Crippen molar-refractivity contribution < 1.29 is 0 Å². The zero-order valence-corrected chi connectivity index (χ0v) is 32.5. The Balaban J connectivity index is 0.000000149. The number of nitrogens with zero attached hydrogens (tertiary/aromatic N) is 2. The Bertz CT molecular complexity index is 2480. The maximum atomic E-state index is 4.24. The minimum Gasteiger partial charge on any atom is -0.344 e. The van der Waals surface area contributed by atoms with Crippen molar-refractivity contribution in [2.75, 3.05) is 7.05 Å². The maximum absolute atomic E-state index is 4.24. The highest BCUT2D eigenvalue weighted by molar-refractivity contribution is 6.09. The second-order valence-corrected chi connectivity index (χ2v) is 14.5. The highest BCUT2D eigenvalue weighted by atomic mass is 15.1. The molecule has 0 fully saturated rings. The van der Waals surface area contributed by atoms with E-state index in [0.29, 0.717) is 5.92 Å². The molecular formula is C53H50N2. The van der Waals surface area contributed by atoms with Gasteiger partial charge >= 0.3 is 0 Å². The van der Waals surface area contributed by atoms with E-state index in [4.69, 9.17) is 0 Å². The van der Waals surface area contributed by atoms with Gasteiger partial charge in [-0.1, -0.05) is 183 Å². The van der Waals surface area contributed by atoms with Gasteiger partial charge in [-0.2, -0.15) is 0 Å². The summed E-state index contributed by atoms with van der Waals surface area (Å²) in [5, 5.41) is 2.64. The first kappa shape index (κ1) is 37.0. The summed E-state index contributed by atoms with van der Waals surface area (Å²) in [5.74, 6) is 0.516. The van der Waals surface area contributed by atoms with Crippen molar-refractivity contribution >= 4 is 21.8 Å². The van der Waals surface area contributed by atoms with Crippen LogP contribution in [0.3, 0.4) is 0 Å². The molecule has 2 aliphatic rings. The van der Waals surface area contributed by atoms with Crippen LogP contribution in [-0.2, 0) is 5.41 Å². The minimum absolute atomic E-state index is 0.397. The first-order valence-corrected chi connectivity index (χ1v) is 19.2. The maximum Gasteiger partial charge on any atom is 0.0738 e. The third-order valence-corrected chi connectivity index (χ3v) is 10.8. The lowest BCUT2D eigenvalue weighted by atomic mass is 9.60. The molecule has 1 unspecified atom stereocenters. The fraction of sp³-hybridized carbons (Fsp3) is 0.132. The molecule has 0 saturated heterocycles.